The molecule has 64 valence electrons. The average Bonchev–Trinajstić information content (AvgIpc) is 2.49. The number of hydrogen-bond acceptors (Lipinski definition) is 5. The van der Waals surface area contributed by atoms with Crippen molar-refractivity contribution in [3.63, 3.8) is 0 Å². The first-order valence-corrected chi connectivity index (χ1v) is 3.60. The van der Waals surface area contributed by atoms with Gasteiger partial charge in [-0.05, 0) is 5.18 Å². The first-order valence-electron chi connectivity index (χ1n) is 3.60. The van der Waals surface area contributed by atoms with Crippen LogP contribution < -0.4 is 5.73 Å². The lowest BCUT2D eigenvalue weighted by molar-refractivity contribution is 0.0725. The van der Waals surface area contributed by atoms with E-state index in [1.165, 1.54) is 6.08 Å². The van der Waals surface area contributed by atoms with Gasteiger partial charge in [-0.2, -0.15) is 0 Å². The Balaban J connectivity index is 2.31. The van der Waals surface area contributed by atoms with E-state index in [0.717, 1.165) is 5.76 Å². The lowest BCUT2D eigenvalue weighted by atomic mass is 10.0. The van der Waals surface area contributed by atoms with E-state index < -0.39 is 0 Å². The maximum absolute atomic E-state index is 10.2. The molecule has 0 fully saturated rings. The van der Waals surface area contributed by atoms with Crippen molar-refractivity contribution >= 4 is 0 Å². The molecule has 0 saturated carbocycles. The van der Waals surface area contributed by atoms with Gasteiger partial charge in [0, 0.05) is 12.5 Å². The third-order valence-electron chi connectivity index (χ3n) is 1.89. The van der Waals surface area contributed by atoms with Crippen LogP contribution in [0.5, 0.6) is 0 Å². The third kappa shape index (κ3) is 0.984. The Hall–Kier alpha value is -1.36. The summed E-state index contributed by atoms with van der Waals surface area (Å²) in [4.78, 5) is 10.2. The Bertz CT molecular complexity index is 282. The number of nitrogens with two attached hydrogens (primary N) is 1. The van der Waals surface area contributed by atoms with Crippen LogP contribution in [-0.2, 0) is 9.47 Å². The molecule has 1 atom stereocenters. The molecule has 1 unspecified atom stereocenters. The van der Waals surface area contributed by atoms with Crippen molar-refractivity contribution < 1.29 is 9.47 Å². The molecule has 0 bridgehead atoms. The molecule has 5 heteroatoms. The second kappa shape index (κ2) is 2.60. The highest BCUT2D eigenvalue weighted by Gasteiger charge is 2.26. The number of ether oxygens (including phenoxy) is 2. The molecule has 1 heterocycles. The molecule has 0 spiro atoms. The number of nitrogens with zero attached hydrogens (tertiary/aromatic N) is 1. The fraction of sp³-hybridized carbons (Fsp3) is 0.429. The lowest BCUT2D eigenvalue weighted by Gasteiger charge is -2.13. The van der Waals surface area contributed by atoms with Gasteiger partial charge in [-0.25, -0.2) is 0 Å². The van der Waals surface area contributed by atoms with Gasteiger partial charge in [-0.3, -0.25) is 0 Å². The van der Waals surface area contributed by atoms with Crippen LogP contribution in [0.3, 0.4) is 0 Å². The molecule has 5 nitrogen and oxygen atoms in total. The monoisotopic (exact) mass is 168 g/mol. The summed E-state index contributed by atoms with van der Waals surface area (Å²) in [5, 5.41) is 2.81. The standard InChI is InChI=1S/C7H8N2O3/c8-4-1-6-7(12-3-11-6)2-5(4)9-10/h2,4H,1,3,8H2. The van der Waals surface area contributed by atoms with E-state index in [-0.39, 0.29) is 12.8 Å². The molecule has 0 amide bonds. The first-order chi connectivity index (χ1) is 5.81. The predicted octanol–water partition coefficient (Wildman–Crippen LogP) is 0.584. The SMILES string of the molecule is NC1CC2=C(C=C1N=O)OCO2. The van der Waals surface area contributed by atoms with Crippen molar-refractivity contribution in [3.8, 4) is 0 Å². The summed E-state index contributed by atoms with van der Waals surface area (Å²) < 4.78 is 10.2. The van der Waals surface area contributed by atoms with Crippen LogP contribution in [0.1, 0.15) is 6.42 Å². The second-order valence-electron chi connectivity index (χ2n) is 2.67. The van der Waals surface area contributed by atoms with Gasteiger partial charge in [0.05, 0.1) is 6.04 Å². The predicted molar refractivity (Wildman–Crippen MR) is 40.5 cm³/mol. The minimum atomic E-state index is -0.358. The fourth-order valence-electron chi connectivity index (χ4n) is 1.24. The molecule has 0 saturated heterocycles. The van der Waals surface area contributed by atoms with Crippen molar-refractivity contribution in [2.24, 2.45) is 10.9 Å². The molecule has 0 aromatic carbocycles. The number of rotatable bonds is 1. The first kappa shape index (κ1) is 7.30. The van der Waals surface area contributed by atoms with E-state index in [1.54, 1.807) is 0 Å². The number of nitroso groups, excluding NO2 is 1. The van der Waals surface area contributed by atoms with E-state index in [2.05, 4.69) is 5.18 Å². The molecule has 1 aliphatic heterocycles. The van der Waals surface area contributed by atoms with Gasteiger partial charge < -0.3 is 15.2 Å². The van der Waals surface area contributed by atoms with Gasteiger partial charge in [-0.15, -0.1) is 4.91 Å². The quantitative estimate of drug-likeness (QED) is 0.581. The largest absolute Gasteiger partial charge is 0.458 e. The minimum Gasteiger partial charge on any atom is -0.458 e. The van der Waals surface area contributed by atoms with Gasteiger partial charge in [0.1, 0.15) is 11.5 Å². The van der Waals surface area contributed by atoms with E-state index in [4.69, 9.17) is 15.2 Å². The summed E-state index contributed by atoms with van der Waals surface area (Å²) in [6, 6.07) is -0.358. The van der Waals surface area contributed by atoms with Crippen LogP contribution in [-0.4, -0.2) is 12.8 Å². The van der Waals surface area contributed by atoms with Crippen molar-refractivity contribution in [1.82, 2.24) is 0 Å². The third-order valence-corrected chi connectivity index (χ3v) is 1.89. The van der Waals surface area contributed by atoms with Gasteiger partial charge in [0.25, 0.3) is 0 Å². The highest BCUT2D eigenvalue weighted by atomic mass is 16.7. The Morgan fingerprint density at radius 2 is 2.42 bits per heavy atom. The maximum atomic E-state index is 10.2. The topological polar surface area (TPSA) is 73.9 Å². The summed E-state index contributed by atoms with van der Waals surface area (Å²) in [6.45, 7) is 0.208. The van der Waals surface area contributed by atoms with Crippen molar-refractivity contribution in [1.29, 1.82) is 0 Å². The Morgan fingerprint density at radius 3 is 3.17 bits per heavy atom. The maximum Gasteiger partial charge on any atom is 0.230 e. The molecular weight excluding hydrogens is 160 g/mol. The lowest BCUT2D eigenvalue weighted by Crippen LogP contribution is -2.24. The van der Waals surface area contributed by atoms with E-state index in [0.29, 0.717) is 17.9 Å². The number of allylic oxidation sites excluding steroid dienone is 1. The normalized spacial score (nSPS) is 27.1. The second-order valence-corrected chi connectivity index (χ2v) is 2.67. The van der Waals surface area contributed by atoms with Crippen molar-refractivity contribution in [2.75, 3.05) is 6.79 Å². The molecule has 2 rings (SSSR count). The summed E-state index contributed by atoms with van der Waals surface area (Å²) in [7, 11) is 0. The Kier molecular flexibility index (Phi) is 1.58. The Morgan fingerprint density at radius 1 is 1.58 bits per heavy atom. The van der Waals surface area contributed by atoms with Crippen LogP contribution in [0, 0.1) is 4.91 Å². The fourth-order valence-corrected chi connectivity index (χ4v) is 1.24. The molecule has 0 aromatic heterocycles. The van der Waals surface area contributed by atoms with Gasteiger partial charge in [0.15, 0.2) is 5.76 Å². The summed E-state index contributed by atoms with van der Waals surface area (Å²) >= 11 is 0. The zero-order valence-corrected chi connectivity index (χ0v) is 6.32. The zero-order valence-electron chi connectivity index (χ0n) is 6.32. The van der Waals surface area contributed by atoms with Gasteiger partial charge >= 0.3 is 0 Å². The van der Waals surface area contributed by atoms with Crippen molar-refractivity contribution in [2.45, 2.75) is 12.5 Å². The molecule has 1 aliphatic carbocycles. The smallest absolute Gasteiger partial charge is 0.230 e. The van der Waals surface area contributed by atoms with Crippen LogP contribution in [0.25, 0.3) is 0 Å². The highest BCUT2D eigenvalue weighted by molar-refractivity contribution is 5.31. The van der Waals surface area contributed by atoms with Crippen LogP contribution >= 0.6 is 0 Å². The summed E-state index contributed by atoms with van der Waals surface area (Å²) in [5.41, 5.74) is 5.93. The average molecular weight is 168 g/mol. The molecular formula is C7H8N2O3. The molecule has 2 aliphatic rings. The number of hydrogen-bond donors (Lipinski definition) is 1. The minimum absolute atomic E-state index is 0.208. The van der Waals surface area contributed by atoms with Gasteiger partial charge in [-0.1, -0.05) is 0 Å². The van der Waals surface area contributed by atoms with E-state index >= 15 is 0 Å². The van der Waals surface area contributed by atoms with Crippen LogP contribution in [0.4, 0.5) is 0 Å². The molecule has 0 aromatic rings. The summed E-state index contributed by atoms with van der Waals surface area (Å²) in [5.74, 6) is 1.31. The van der Waals surface area contributed by atoms with E-state index in [9.17, 15) is 4.91 Å². The van der Waals surface area contributed by atoms with Crippen LogP contribution in [0.15, 0.2) is 28.5 Å². The zero-order chi connectivity index (χ0) is 8.55. The highest BCUT2D eigenvalue weighted by Crippen LogP contribution is 2.29. The summed E-state index contributed by atoms with van der Waals surface area (Å²) in [6.07, 6.45) is 2.02. The van der Waals surface area contributed by atoms with E-state index in [1.807, 2.05) is 0 Å². The van der Waals surface area contributed by atoms with Crippen LogP contribution in [0.2, 0.25) is 0 Å². The Labute approximate surface area is 68.8 Å². The molecule has 2 N–H and O–H groups in total. The van der Waals surface area contributed by atoms with Gasteiger partial charge in [0.2, 0.25) is 6.79 Å². The molecule has 0 radical (unpaired) electrons. The molecule has 12 heavy (non-hydrogen) atoms. The van der Waals surface area contributed by atoms with Crippen molar-refractivity contribution in [3.05, 3.63) is 28.2 Å².